The lowest BCUT2D eigenvalue weighted by Crippen LogP contribution is -2.51. The molecule has 0 saturated heterocycles. The van der Waals surface area contributed by atoms with Crippen molar-refractivity contribution in [3.05, 3.63) is 125 Å². The molecule has 19 N–H and O–H groups in total. The number of rotatable bonds is 44. The Hall–Kier alpha value is -9.47. The summed E-state index contributed by atoms with van der Waals surface area (Å²) in [5.74, 6) is -12.9. The average molecular weight is 1300 g/mol. The summed E-state index contributed by atoms with van der Waals surface area (Å²) in [5.41, 5.74) is 33.1. The molecule has 0 fully saturated rings. The van der Waals surface area contributed by atoms with Gasteiger partial charge in [-0.05, 0) is 97.4 Å². The van der Waals surface area contributed by atoms with Crippen LogP contribution in [0.25, 0.3) is 5.57 Å². The number of ketones is 4. The van der Waals surface area contributed by atoms with E-state index in [1.807, 2.05) is 30.3 Å². The van der Waals surface area contributed by atoms with Gasteiger partial charge in [-0.1, -0.05) is 93.1 Å². The predicted octanol–water partition coefficient (Wildman–Crippen LogP) is 1.18. The fraction of sp³-hybridized carbons (Fsp3) is 0.478. The molecule has 5 rings (SSSR count). The number of allylic oxidation sites excluding steroid dienone is 1. The number of H-pyrrole nitrogens is 1. The van der Waals surface area contributed by atoms with Crippen LogP contribution in [0, 0.1) is 23.7 Å². The molecule has 4 aromatic rings. The Morgan fingerprint density at radius 1 is 0.596 bits per heavy atom. The van der Waals surface area contributed by atoms with Crippen molar-refractivity contribution in [2.24, 2.45) is 57.3 Å². The number of aromatic hydroxyl groups is 1. The highest BCUT2D eigenvalue weighted by Gasteiger charge is 2.36. The zero-order chi connectivity index (χ0) is 68.9. The number of hydrogen-bond donors (Lipinski definition) is 14. The van der Waals surface area contributed by atoms with Crippen LogP contribution in [0.4, 0.5) is 0 Å². The van der Waals surface area contributed by atoms with Crippen molar-refractivity contribution < 1.29 is 68.1 Å². The van der Waals surface area contributed by atoms with Crippen LogP contribution in [0.1, 0.15) is 125 Å². The number of carboxylic acids is 1. The minimum Gasteiger partial charge on any atom is -0.508 e. The van der Waals surface area contributed by atoms with Crippen molar-refractivity contribution in [1.82, 2.24) is 36.6 Å². The number of amides is 6. The summed E-state index contributed by atoms with van der Waals surface area (Å²) in [6.07, 6.45) is 2.72. The van der Waals surface area contributed by atoms with E-state index in [0.717, 1.165) is 16.7 Å². The third-order valence-electron chi connectivity index (χ3n) is 16.4. The molecule has 1 aromatic heterocycles. The average Bonchev–Trinajstić information content (AvgIpc) is 1.74. The summed E-state index contributed by atoms with van der Waals surface area (Å²) in [6.45, 7) is 2.86. The topological polar surface area (TPSA) is 480 Å². The van der Waals surface area contributed by atoms with Gasteiger partial charge in [-0.3, -0.25) is 52.9 Å². The number of aromatic nitrogens is 2. The van der Waals surface area contributed by atoms with E-state index < -0.39 is 164 Å². The van der Waals surface area contributed by atoms with Gasteiger partial charge in [0.2, 0.25) is 35.4 Å². The molecule has 6 amide bonds. The van der Waals surface area contributed by atoms with Crippen LogP contribution in [0.5, 0.6) is 5.75 Å². The smallest absolute Gasteiger partial charge is 0.326 e. The lowest BCUT2D eigenvalue weighted by atomic mass is 9.88. The summed E-state index contributed by atoms with van der Waals surface area (Å²) in [4.78, 5) is 163. The zero-order valence-electron chi connectivity index (χ0n) is 53.3. The summed E-state index contributed by atoms with van der Waals surface area (Å²) in [7, 11) is 0. The monoisotopic (exact) mass is 1300 g/mol. The molecule has 0 radical (unpaired) electrons. The Morgan fingerprint density at radius 3 is 1.80 bits per heavy atom. The number of primary amides is 1. The molecular weight excluding hydrogens is 1210 g/mol. The first-order valence-electron chi connectivity index (χ1n) is 31.7. The molecule has 508 valence electrons. The Labute approximate surface area is 546 Å². The number of aliphatic carboxylic acids is 1. The molecule has 1 aliphatic carbocycles. The minimum atomic E-state index is -1.48. The number of nitrogens with zero attached hydrogens (tertiary/aromatic N) is 2. The number of imidazole rings is 1. The summed E-state index contributed by atoms with van der Waals surface area (Å²) < 4.78 is 0. The van der Waals surface area contributed by atoms with E-state index in [-0.39, 0.29) is 82.1 Å². The number of aromatic amines is 1. The quantitative estimate of drug-likeness (QED) is 0.0168. The SMILES string of the molecule is CC(C)C(N)C(=O)NC(CC1=CCc2ccccc21)C(=O)CC(CO)C(=O)NC(CCC(N)=O)C(=O)CC(CCCCN)C(=O)NC(CCCN=C(N)N)C(=O)CC(Cc1cnc[nH]1)C(=O)NC(Cc1ccccc1)C(=O)CCC(=O)NC(Cc1ccc(O)cc1)C(=O)O. The van der Waals surface area contributed by atoms with Gasteiger partial charge in [0.1, 0.15) is 11.8 Å². The second kappa shape index (κ2) is 38.5. The molecule has 3 aromatic carbocycles. The van der Waals surface area contributed by atoms with Gasteiger partial charge >= 0.3 is 5.97 Å². The van der Waals surface area contributed by atoms with Gasteiger partial charge in [0, 0.05) is 82.1 Å². The number of carboxylic acid groups (broad SMARTS) is 1. The summed E-state index contributed by atoms with van der Waals surface area (Å²) in [6, 6.07) is 14.5. The highest BCUT2D eigenvalue weighted by atomic mass is 16.4. The number of nitrogens with one attached hydrogen (secondary N) is 6. The third-order valence-corrected chi connectivity index (χ3v) is 16.4. The molecule has 0 saturated carbocycles. The van der Waals surface area contributed by atoms with Crippen molar-refractivity contribution >= 4 is 76.1 Å². The van der Waals surface area contributed by atoms with E-state index in [0.29, 0.717) is 36.1 Å². The van der Waals surface area contributed by atoms with Crippen molar-refractivity contribution in [2.75, 3.05) is 19.7 Å². The normalized spacial score (nSPS) is 14.6. The second-order valence-electron chi connectivity index (χ2n) is 24.1. The maximum Gasteiger partial charge on any atom is 0.326 e. The number of Topliss-reactive ketones (excluding diaryl/α,β-unsaturated/α-hetero) is 4. The molecule has 9 atom stereocenters. The van der Waals surface area contributed by atoms with Gasteiger partial charge in [-0.2, -0.15) is 0 Å². The molecule has 1 heterocycles. The molecule has 27 heteroatoms. The van der Waals surface area contributed by atoms with Crippen LogP contribution in [0.15, 0.2) is 102 Å². The van der Waals surface area contributed by atoms with E-state index >= 15 is 0 Å². The number of phenols is 1. The number of benzene rings is 3. The lowest BCUT2D eigenvalue weighted by molar-refractivity contribution is -0.142. The Kier molecular flexibility index (Phi) is 30.8. The Morgan fingerprint density at radius 2 is 1.17 bits per heavy atom. The highest BCUT2D eigenvalue weighted by Crippen LogP contribution is 2.31. The molecular formula is C67H91N13O14. The number of aliphatic imine (C=N–C) groups is 1. The first-order valence-corrected chi connectivity index (χ1v) is 31.7. The predicted molar refractivity (Wildman–Crippen MR) is 349 cm³/mol. The fourth-order valence-electron chi connectivity index (χ4n) is 10.9. The van der Waals surface area contributed by atoms with Gasteiger partial charge in [0.05, 0.1) is 55.0 Å². The minimum absolute atomic E-state index is 0.0189. The van der Waals surface area contributed by atoms with Crippen molar-refractivity contribution in [3.63, 3.8) is 0 Å². The highest BCUT2D eigenvalue weighted by molar-refractivity contribution is 5.99. The van der Waals surface area contributed by atoms with Crippen molar-refractivity contribution in [2.45, 2.75) is 159 Å². The van der Waals surface area contributed by atoms with Crippen LogP contribution in [-0.4, -0.2) is 152 Å². The standard InChI is InChI=1S/C67H91N13O14/c1-39(2)61(70)65(92)80-53(32-43-20-19-42-13-6-7-15-49(42)43)58(86)35-46(37-81)64(91)78-51(23-25-59(69)87)56(84)33-44(14-8-9-27-68)62(89)77-50(16-10-28-74-67(71)72)57(85)34-45(31-47-36-73-38-75-47)63(90)79-52(29-40-11-4-3-5-12-40)55(83)24-26-60(88)76-54(66(93)94)30-41-17-21-48(82)22-18-41/h3-7,11-13,15,17-18,20-22,36,38-39,44-46,50-54,61,81-82H,8-10,14,16,19,23-35,37,68,70H2,1-2H3,(H2,69,87)(H,73,75)(H,76,88)(H,77,89)(H,78,91)(H,79,90)(H,80,92)(H,93,94)(H4,71,72,74). The second-order valence-corrected chi connectivity index (χ2v) is 24.1. The summed E-state index contributed by atoms with van der Waals surface area (Å²) in [5, 5.41) is 43.6. The largest absolute Gasteiger partial charge is 0.508 e. The van der Waals surface area contributed by atoms with Crippen molar-refractivity contribution in [1.29, 1.82) is 0 Å². The van der Waals surface area contributed by atoms with Crippen molar-refractivity contribution in [3.8, 4) is 5.75 Å². The number of aliphatic hydroxyl groups is 1. The molecule has 0 bridgehead atoms. The summed E-state index contributed by atoms with van der Waals surface area (Å²) >= 11 is 0. The number of unbranched alkanes of at least 4 members (excludes halogenated alkanes) is 1. The number of hydrogen-bond acceptors (Lipinski definition) is 17. The number of aliphatic hydroxyl groups excluding tert-OH is 1. The molecule has 1 aliphatic rings. The number of guanidine groups is 1. The van der Waals surface area contributed by atoms with E-state index in [2.05, 4.69) is 41.5 Å². The molecule has 94 heavy (non-hydrogen) atoms. The van der Waals surface area contributed by atoms with Crippen LogP contribution in [0.3, 0.4) is 0 Å². The number of phenolic OH excluding ortho intramolecular Hbond substituents is 1. The molecule has 9 unspecified atom stereocenters. The first kappa shape index (κ1) is 75.3. The van der Waals surface area contributed by atoms with Crippen LogP contribution >= 0.6 is 0 Å². The van der Waals surface area contributed by atoms with Crippen LogP contribution in [0.2, 0.25) is 0 Å². The van der Waals surface area contributed by atoms with E-state index in [9.17, 15) is 68.1 Å². The number of nitrogens with two attached hydrogens (primary N) is 5. The number of carbonyl (C=O) groups excluding carboxylic acids is 10. The van der Waals surface area contributed by atoms with E-state index in [4.69, 9.17) is 28.7 Å². The van der Waals surface area contributed by atoms with Gasteiger partial charge < -0.3 is 75.6 Å². The molecule has 0 aliphatic heterocycles. The first-order chi connectivity index (χ1) is 44.8. The van der Waals surface area contributed by atoms with Gasteiger partial charge in [-0.25, -0.2) is 9.78 Å². The Balaban J connectivity index is 1.36. The molecule has 27 nitrogen and oxygen atoms in total. The number of carbonyl (C=O) groups is 11. The van der Waals surface area contributed by atoms with Crippen LogP contribution < -0.4 is 55.3 Å². The Bertz CT molecular complexity index is 3280. The maximum absolute atomic E-state index is 14.8. The van der Waals surface area contributed by atoms with Gasteiger partial charge in [0.25, 0.3) is 0 Å². The number of fused-ring (bicyclic) bond motifs is 1. The molecule has 0 spiro atoms. The van der Waals surface area contributed by atoms with Gasteiger partial charge in [-0.15, -0.1) is 0 Å². The van der Waals surface area contributed by atoms with E-state index in [1.54, 1.807) is 44.2 Å². The third kappa shape index (κ3) is 25.2. The van der Waals surface area contributed by atoms with Gasteiger partial charge in [0.15, 0.2) is 29.1 Å². The zero-order valence-corrected chi connectivity index (χ0v) is 53.3. The van der Waals surface area contributed by atoms with Crippen LogP contribution in [-0.2, 0) is 78.4 Å². The lowest BCUT2D eigenvalue weighted by Gasteiger charge is -2.26. The fourth-order valence-corrected chi connectivity index (χ4v) is 10.9. The van der Waals surface area contributed by atoms with E-state index in [1.165, 1.54) is 36.8 Å². The maximum atomic E-state index is 14.8.